The third kappa shape index (κ3) is 4.08. The van der Waals surface area contributed by atoms with Crippen LogP contribution in [-0.4, -0.2) is 78.8 Å². The van der Waals surface area contributed by atoms with Gasteiger partial charge < -0.3 is 19.5 Å². The van der Waals surface area contributed by atoms with Crippen LogP contribution in [0.15, 0.2) is 47.8 Å². The van der Waals surface area contributed by atoms with Crippen molar-refractivity contribution in [2.24, 2.45) is 0 Å². The van der Waals surface area contributed by atoms with Crippen LogP contribution in [0, 0.1) is 0 Å². The smallest absolute Gasteiger partial charge is 0.254 e. The highest BCUT2D eigenvalue weighted by atomic mass is 32.2. The van der Waals surface area contributed by atoms with Crippen LogP contribution in [0.25, 0.3) is 11.0 Å². The van der Waals surface area contributed by atoms with Crippen molar-refractivity contribution in [1.29, 1.82) is 0 Å². The fourth-order valence-corrected chi connectivity index (χ4v) is 5.91. The van der Waals surface area contributed by atoms with Crippen LogP contribution < -0.4 is 4.90 Å². The van der Waals surface area contributed by atoms with Crippen molar-refractivity contribution >= 4 is 32.6 Å². The highest BCUT2D eigenvalue weighted by molar-refractivity contribution is 7.91. The fraction of sp³-hybridized carbons (Fsp3) is 0.435. The summed E-state index contributed by atoms with van der Waals surface area (Å²) in [6.45, 7) is 2.39. The average molecular weight is 470 g/mol. The number of methoxy groups -OCH3 is 1. The summed E-state index contributed by atoms with van der Waals surface area (Å²) in [7, 11) is -1.84. The van der Waals surface area contributed by atoms with Gasteiger partial charge in [-0.05, 0) is 49.6 Å². The summed E-state index contributed by atoms with van der Waals surface area (Å²) in [5, 5.41) is 0.982. The largest absolute Gasteiger partial charge is 0.385 e. The van der Waals surface area contributed by atoms with Gasteiger partial charge in [0.25, 0.3) is 5.91 Å². The summed E-state index contributed by atoms with van der Waals surface area (Å²) >= 11 is 0. The molecule has 1 saturated carbocycles. The van der Waals surface area contributed by atoms with E-state index in [-0.39, 0.29) is 22.1 Å². The molecule has 174 valence electrons. The predicted molar refractivity (Wildman–Crippen MR) is 124 cm³/mol. The molecule has 10 heteroatoms. The minimum atomic E-state index is -3.39. The zero-order chi connectivity index (χ0) is 23.1. The number of carbonyl (C=O) groups excluding carboxylic acids is 1. The Kier molecular flexibility index (Phi) is 5.57. The maximum atomic E-state index is 13.4. The van der Waals surface area contributed by atoms with E-state index in [0.717, 1.165) is 36.2 Å². The van der Waals surface area contributed by atoms with Crippen molar-refractivity contribution in [3.8, 4) is 0 Å². The first-order valence-electron chi connectivity index (χ1n) is 11.1. The van der Waals surface area contributed by atoms with Gasteiger partial charge >= 0.3 is 0 Å². The fourth-order valence-electron chi connectivity index (χ4n) is 4.63. The molecule has 1 aliphatic carbocycles. The van der Waals surface area contributed by atoms with E-state index in [0.29, 0.717) is 31.7 Å². The number of aromatic nitrogens is 3. The second kappa shape index (κ2) is 8.42. The number of fused-ring (bicyclic) bond motifs is 1. The number of anilines is 1. The standard InChI is InChI=1S/C23H27N5O4S/c1-32-13-2-14-33(30,31)18-5-3-17(4-6-18)22(29)28-12-11-27(15-23(28)8-9-23)21-19-7-10-24-20(19)25-16-26-21/h3-7,10,16H,2,8-9,11-15H2,1H3,(H,24,25,26). The number of benzene rings is 1. The van der Waals surface area contributed by atoms with Crippen LogP contribution in [0.1, 0.15) is 29.6 Å². The number of sulfone groups is 1. The van der Waals surface area contributed by atoms with Crippen LogP contribution in [0.4, 0.5) is 5.82 Å². The maximum Gasteiger partial charge on any atom is 0.254 e. The van der Waals surface area contributed by atoms with E-state index in [1.165, 1.54) is 12.1 Å². The van der Waals surface area contributed by atoms with Crippen molar-refractivity contribution in [2.45, 2.75) is 29.7 Å². The van der Waals surface area contributed by atoms with Gasteiger partial charge in [-0.15, -0.1) is 0 Å². The topological polar surface area (TPSA) is 108 Å². The third-order valence-electron chi connectivity index (χ3n) is 6.58. The van der Waals surface area contributed by atoms with Crippen LogP contribution in [-0.2, 0) is 14.6 Å². The molecule has 0 bridgehead atoms. The molecule has 2 aromatic heterocycles. The van der Waals surface area contributed by atoms with Crippen molar-refractivity contribution < 1.29 is 17.9 Å². The van der Waals surface area contributed by atoms with Gasteiger partial charge in [0.2, 0.25) is 0 Å². The van der Waals surface area contributed by atoms with Gasteiger partial charge in [-0.25, -0.2) is 18.4 Å². The summed E-state index contributed by atoms with van der Waals surface area (Å²) in [6, 6.07) is 8.31. The van der Waals surface area contributed by atoms with Crippen molar-refractivity contribution in [2.75, 3.05) is 44.0 Å². The SMILES string of the molecule is COCCCS(=O)(=O)c1ccc(C(=O)N2CCN(c3ncnc4[nH]ccc34)CC23CC3)cc1. The van der Waals surface area contributed by atoms with Gasteiger partial charge in [0, 0.05) is 45.1 Å². The first-order valence-corrected chi connectivity index (χ1v) is 12.8. The van der Waals surface area contributed by atoms with Gasteiger partial charge in [-0.1, -0.05) is 0 Å². The van der Waals surface area contributed by atoms with Gasteiger partial charge in [0.05, 0.1) is 21.6 Å². The summed E-state index contributed by atoms with van der Waals surface area (Å²) in [5.41, 5.74) is 1.12. The second-order valence-electron chi connectivity index (χ2n) is 8.73. The molecule has 1 aromatic carbocycles. The van der Waals surface area contributed by atoms with Crippen LogP contribution in [0.2, 0.25) is 0 Å². The molecule has 2 fully saturated rings. The highest BCUT2D eigenvalue weighted by Crippen LogP contribution is 2.46. The molecule has 1 amide bonds. The lowest BCUT2D eigenvalue weighted by Gasteiger charge is -2.42. The number of amides is 1. The molecule has 0 atom stereocenters. The van der Waals surface area contributed by atoms with Gasteiger partial charge in [0.1, 0.15) is 17.8 Å². The molecular formula is C23H27N5O4S. The summed E-state index contributed by atoms with van der Waals surface area (Å²) in [6.07, 6.45) is 5.76. The number of carbonyl (C=O) groups is 1. The zero-order valence-electron chi connectivity index (χ0n) is 18.5. The molecule has 2 aliphatic rings. The van der Waals surface area contributed by atoms with Crippen molar-refractivity contribution in [1.82, 2.24) is 19.9 Å². The Hall–Kier alpha value is -2.98. The van der Waals surface area contributed by atoms with Gasteiger partial charge in [0.15, 0.2) is 9.84 Å². The Morgan fingerprint density at radius 1 is 1.15 bits per heavy atom. The van der Waals surface area contributed by atoms with E-state index in [9.17, 15) is 13.2 Å². The van der Waals surface area contributed by atoms with Gasteiger partial charge in [-0.2, -0.15) is 0 Å². The predicted octanol–water partition coefficient (Wildman–Crippen LogP) is 2.26. The molecule has 1 aliphatic heterocycles. The van der Waals surface area contributed by atoms with Crippen molar-refractivity contribution in [3.05, 3.63) is 48.4 Å². The van der Waals surface area contributed by atoms with Gasteiger partial charge in [-0.3, -0.25) is 4.79 Å². The lowest BCUT2D eigenvalue weighted by Crippen LogP contribution is -2.57. The number of hydrogen-bond donors (Lipinski definition) is 1. The number of hydrogen-bond acceptors (Lipinski definition) is 7. The minimum Gasteiger partial charge on any atom is -0.385 e. The molecule has 3 heterocycles. The van der Waals surface area contributed by atoms with E-state index in [2.05, 4.69) is 19.9 Å². The number of aromatic amines is 1. The third-order valence-corrected chi connectivity index (χ3v) is 8.39. The average Bonchev–Trinajstić information content (AvgIpc) is 3.40. The summed E-state index contributed by atoms with van der Waals surface area (Å²) in [5.74, 6) is 0.865. The molecule has 9 nitrogen and oxygen atoms in total. The van der Waals surface area contributed by atoms with E-state index in [4.69, 9.17) is 4.74 Å². The molecule has 33 heavy (non-hydrogen) atoms. The Labute approximate surface area is 192 Å². The van der Waals surface area contributed by atoms with E-state index < -0.39 is 9.84 Å². The molecule has 1 N–H and O–H groups in total. The monoisotopic (exact) mass is 469 g/mol. The normalized spacial score (nSPS) is 17.6. The Balaban J connectivity index is 1.31. The highest BCUT2D eigenvalue weighted by Gasteiger charge is 2.53. The Morgan fingerprint density at radius 3 is 2.67 bits per heavy atom. The quantitative estimate of drug-likeness (QED) is 0.529. The minimum absolute atomic E-state index is 0.0245. The van der Waals surface area contributed by atoms with Crippen LogP contribution in [0.5, 0.6) is 0 Å². The molecule has 1 spiro atoms. The first-order chi connectivity index (χ1) is 15.9. The lowest BCUT2D eigenvalue weighted by atomic mass is 10.1. The molecule has 3 aromatic rings. The van der Waals surface area contributed by atoms with Crippen LogP contribution >= 0.6 is 0 Å². The number of piperazine rings is 1. The number of nitrogens with one attached hydrogen (secondary N) is 1. The Bertz CT molecular complexity index is 1270. The lowest BCUT2D eigenvalue weighted by molar-refractivity contribution is 0.0624. The van der Waals surface area contributed by atoms with E-state index >= 15 is 0 Å². The summed E-state index contributed by atoms with van der Waals surface area (Å²) < 4.78 is 29.9. The molecule has 5 rings (SSSR count). The summed E-state index contributed by atoms with van der Waals surface area (Å²) in [4.78, 5) is 29.7. The zero-order valence-corrected chi connectivity index (χ0v) is 19.3. The molecule has 0 radical (unpaired) electrons. The number of rotatable bonds is 7. The molecule has 1 saturated heterocycles. The Morgan fingerprint density at radius 2 is 1.94 bits per heavy atom. The molecular weight excluding hydrogens is 442 g/mol. The number of nitrogens with zero attached hydrogens (tertiary/aromatic N) is 4. The maximum absolute atomic E-state index is 13.4. The first kappa shape index (κ1) is 21.8. The van der Waals surface area contributed by atoms with Crippen LogP contribution in [0.3, 0.4) is 0 Å². The van der Waals surface area contributed by atoms with Crippen molar-refractivity contribution in [3.63, 3.8) is 0 Å². The van der Waals surface area contributed by atoms with E-state index in [1.54, 1.807) is 25.6 Å². The van der Waals surface area contributed by atoms with E-state index in [1.807, 2.05) is 17.2 Å². The number of H-pyrrole nitrogens is 1. The molecule has 0 unspecified atom stereocenters. The number of ether oxygens (including phenoxy) is 1. The second-order valence-corrected chi connectivity index (χ2v) is 10.8.